The van der Waals surface area contributed by atoms with Crippen LogP contribution in [0.4, 0.5) is 4.79 Å². The van der Waals surface area contributed by atoms with E-state index < -0.39 is 7.12 Å². The third kappa shape index (κ3) is 4.07. The predicted molar refractivity (Wildman–Crippen MR) is 112 cm³/mol. The normalized spacial score (nSPS) is 25.0. The van der Waals surface area contributed by atoms with Gasteiger partial charge in [-0.05, 0) is 46.0 Å². The molecule has 0 aromatic carbocycles. The molecule has 0 N–H and O–H groups in total. The number of allylic oxidation sites excluding steroid dienone is 4. The first-order chi connectivity index (χ1) is 13.7. The van der Waals surface area contributed by atoms with Crippen LogP contribution in [0.15, 0.2) is 59.8 Å². The lowest BCUT2D eigenvalue weighted by Gasteiger charge is -2.32. The third-order valence-electron chi connectivity index (χ3n) is 6.22. The highest BCUT2D eigenvalue weighted by Gasteiger charge is 2.53. The molecule has 1 aliphatic carbocycles. The monoisotopic (exact) mass is 396 g/mol. The molecule has 0 unspecified atom stereocenters. The van der Waals surface area contributed by atoms with Crippen LogP contribution in [0.3, 0.4) is 0 Å². The molecule has 0 saturated carbocycles. The molecular formula is C22H29BN2O4. The standard InChI is InChI=1S/C22H29BN2O4/c1-21(2)22(3,4)29-23(28-21)18-10-11-24(15-18)20(26)25-12-13-27-19(16-25)14-17-8-6-5-7-9-17/h5-6,8,10,12-13,16H,7,9,11,14-15H2,1-4H3. The molecule has 4 rings (SSSR count). The van der Waals surface area contributed by atoms with Crippen molar-refractivity contribution in [3.63, 3.8) is 0 Å². The van der Waals surface area contributed by atoms with Crippen LogP contribution in [-0.4, -0.2) is 47.2 Å². The number of ether oxygens (including phenoxy) is 1. The van der Waals surface area contributed by atoms with Gasteiger partial charge in [-0.15, -0.1) is 0 Å². The molecule has 0 radical (unpaired) electrons. The highest BCUT2D eigenvalue weighted by molar-refractivity contribution is 6.55. The van der Waals surface area contributed by atoms with Gasteiger partial charge in [0.1, 0.15) is 12.0 Å². The first-order valence-corrected chi connectivity index (χ1v) is 10.3. The van der Waals surface area contributed by atoms with Gasteiger partial charge in [0.25, 0.3) is 0 Å². The molecule has 0 aromatic rings. The van der Waals surface area contributed by atoms with Crippen molar-refractivity contribution in [2.45, 2.75) is 58.2 Å². The van der Waals surface area contributed by atoms with E-state index in [4.69, 9.17) is 14.0 Å². The predicted octanol–water partition coefficient (Wildman–Crippen LogP) is 4.29. The Morgan fingerprint density at radius 1 is 1.21 bits per heavy atom. The highest BCUT2D eigenvalue weighted by Crippen LogP contribution is 2.39. The highest BCUT2D eigenvalue weighted by atomic mass is 16.7. The zero-order valence-corrected chi connectivity index (χ0v) is 17.7. The average Bonchev–Trinajstić information content (AvgIpc) is 3.25. The SMILES string of the molecule is CC1(C)OB(C2=CCN(C(=O)N3C=COC(CC4=CC=CCC4)=C3)C2)OC1(C)C. The van der Waals surface area contributed by atoms with Crippen LogP contribution in [0.5, 0.6) is 0 Å². The maximum atomic E-state index is 13.0. The van der Waals surface area contributed by atoms with Crippen molar-refractivity contribution < 1.29 is 18.8 Å². The summed E-state index contributed by atoms with van der Waals surface area (Å²) < 4.78 is 17.9. The summed E-state index contributed by atoms with van der Waals surface area (Å²) in [6.45, 7) is 9.19. The van der Waals surface area contributed by atoms with Gasteiger partial charge in [0.05, 0.1) is 17.4 Å². The fourth-order valence-electron chi connectivity index (χ4n) is 3.69. The Morgan fingerprint density at radius 2 is 1.97 bits per heavy atom. The lowest BCUT2D eigenvalue weighted by atomic mass is 9.79. The van der Waals surface area contributed by atoms with Gasteiger partial charge in [0, 0.05) is 25.7 Å². The number of hydrogen-bond acceptors (Lipinski definition) is 4. The zero-order valence-electron chi connectivity index (χ0n) is 17.7. The zero-order chi connectivity index (χ0) is 20.6. The molecule has 0 bridgehead atoms. The molecular weight excluding hydrogens is 367 g/mol. The second-order valence-electron chi connectivity index (χ2n) is 8.90. The second kappa shape index (κ2) is 7.54. The molecule has 1 fully saturated rings. The van der Waals surface area contributed by atoms with Gasteiger partial charge in [-0.25, -0.2) is 4.79 Å². The van der Waals surface area contributed by atoms with E-state index in [1.165, 1.54) is 5.57 Å². The number of nitrogens with zero attached hydrogens (tertiary/aromatic N) is 2. The molecule has 7 heteroatoms. The molecule has 4 aliphatic rings. The summed E-state index contributed by atoms with van der Waals surface area (Å²) >= 11 is 0. The molecule has 1 saturated heterocycles. The van der Waals surface area contributed by atoms with Gasteiger partial charge in [0.2, 0.25) is 0 Å². The van der Waals surface area contributed by atoms with E-state index in [-0.39, 0.29) is 17.2 Å². The quantitative estimate of drug-likeness (QED) is 0.668. The minimum Gasteiger partial charge on any atom is -0.466 e. The minimum absolute atomic E-state index is 0.0812. The maximum Gasteiger partial charge on any atom is 0.492 e. The molecule has 0 atom stereocenters. The Labute approximate surface area is 173 Å². The van der Waals surface area contributed by atoms with Gasteiger partial charge in [-0.3, -0.25) is 4.90 Å². The van der Waals surface area contributed by atoms with E-state index in [1.54, 1.807) is 28.5 Å². The number of amides is 2. The summed E-state index contributed by atoms with van der Waals surface area (Å²) in [6, 6.07) is -0.0812. The van der Waals surface area contributed by atoms with Gasteiger partial charge in [-0.1, -0.05) is 29.9 Å². The van der Waals surface area contributed by atoms with Crippen LogP contribution in [0.2, 0.25) is 0 Å². The van der Waals surface area contributed by atoms with Gasteiger partial charge in [-0.2, -0.15) is 0 Å². The van der Waals surface area contributed by atoms with E-state index in [0.717, 1.165) is 30.5 Å². The van der Waals surface area contributed by atoms with Crippen molar-refractivity contribution in [2.75, 3.05) is 13.1 Å². The van der Waals surface area contributed by atoms with E-state index in [1.807, 2.05) is 33.8 Å². The summed E-state index contributed by atoms with van der Waals surface area (Å²) in [6.07, 6.45) is 16.2. The van der Waals surface area contributed by atoms with Gasteiger partial charge < -0.3 is 18.9 Å². The van der Waals surface area contributed by atoms with Crippen LogP contribution in [0, 0.1) is 0 Å². The Balaban J connectivity index is 1.37. The smallest absolute Gasteiger partial charge is 0.466 e. The van der Waals surface area contributed by atoms with Gasteiger partial charge >= 0.3 is 13.1 Å². The molecule has 6 nitrogen and oxygen atoms in total. The summed E-state index contributed by atoms with van der Waals surface area (Å²) in [5.41, 5.74) is 1.54. The van der Waals surface area contributed by atoms with E-state index in [9.17, 15) is 4.79 Å². The first-order valence-electron chi connectivity index (χ1n) is 10.3. The van der Waals surface area contributed by atoms with E-state index >= 15 is 0 Å². The van der Waals surface area contributed by atoms with Crippen molar-refractivity contribution in [1.82, 2.24) is 9.80 Å². The van der Waals surface area contributed by atoms with Crippen molar-refractivity contribution in [3.8, 4) is 0 Å². The van der Waals surface area contributed by atoms with Crippen LogP contribution < -0.4 is 0 Å². The molecule has 0 aromatic heterocycles. The fraction of sp³-hybridized carbons (Fsp3) is 0.500. The number of rotatable bonds is 3. The molecule has 3 aliphatic heterocycles. The summed E-state index contributed by atoms with van der Waals surface area (Å²) in [5, 5.41) is 0. The van der Waals surface area contributed by atoms with Crippen LogP contribution >= 0.6 is 0 Å². The minimum atomic E-state index is -0.407. The number of carbonyl (C=O) groups excluding carboxylic acids is 1. The Bertz CT molecular complexity index is 822. The summed E-state index contributed by atoms with van der Waals surface area (Å²) in [7, 11) is -0.407. The first kappa shape index (κ1) is 20.0. The lowest BCUT2D eigenvalue weighted by Crippen LogP contribution is -2.41. The molecule has 2 amide bonds. The molecule has 0 spiro atoms. The molecule has 154 valence electrons. The topological polar surface area (TPSA) is 51.2 Å². The fourth-order valence-corrected chi connectivity index (χ4v) is 3.69. The third-order valence-corrected chi connectivity index (χ3v) is 6.22. The van der Waals surface area contributed by atoms with Crippen LogP contribution in [-0.2, 0) is 14.0 Å². The Hall–Kier alpha value is -2.25. The van der Waals surface area contributed by atoms with E-state index in [2.05, 4.69) is 18.2 Å². The molecule has 3 heterocycles. The number of hydrogen-bond donors (Lipinski definition) is 0. The summed E-state index contributed by atoms with van der Waals surface area (Å²) in [4.78, 5) is 16.4. The Kier molecular flexibility index (Phi) is 5.21. The Morgan fingerprint density at radius 3 is 2.66 bits per heavy atom. The van der Waals surface area contributed by atoms with Crippen molar-refractivity contribution in [2.24, 2.45) is 0 Å². The lowest BCUT2D eigenvalue weighted by molar-refractivity contribution is 0.00578. The van der Waals surface area contributed by atoms with Crippen molar-refractivity contribution in [1.29, 1.82) is 0 Å². The van der Waals surface area contributed by atoms with Crippen LogP contribution in [0.25, 0.3) is 0 Å². The average molecular weight is 396 g/mol. The second-order valence-corrected chi connectivity index (χ2v) is 8.90. The van der Waals surface area contributed by atoms with Crippen molar-refractivity contribution >= 4 is 13.1 Å². The maximum absolute atomic E-state index is 13.0. The summed E-state index contributed by atoms with van der Waals surface area (Å²) in [5.74, 6) is 0.778. The molecule has 29 heavy (non-hydrogen) atoms. The largest absolute Gasteiger partial charge is 0.492 e. The number of carbonyl (C=O) groups is 1. The van der Waals surface area contributed by atoms with Crippen molar-refractivity contribution in [3.05, 3.63) is 59.8 Å². The van der Waals surface area contributed by atoms with E-state index in [0.29, 0.717) is 13.1 Å². The number of urea groups is 1. The van der Waals surface area contributed by atoms with Crippen LogP contribution in [0.1, 0.15) is 47.0 Å². The van der Waals surface area contributed by atoms with Gasteiger partial charge in [0.15, 0.2) is 0 Å².